The van der Waals surface area contributed by atoms with E-state index in [1.165, 1.54) is 18.4 Å². The lowest BCUT2D eigenvalue weighted by atomic mass is 10.1. The van der Waals surface area contributed by atoms with E-state index in [0.29, 0.717) is 11.1 Å². The molecule has 1 aliphatic rings. The first kappa shape index (κ1) is 9.81. The van der Waals surface area contributed by atoms with Gasteiger partial charge >= 0.3 is 0 Å². The molecule has 14 heavy (non-hydrogen) atoms. The average molecular weight is 212 g/mol. The molecule has 0 aliphatic carbocycles. The lowest BCUT2D eigenvalue weighted by molar-refractivity contribution is 0.413. The van der Waals surface area contributed by atoms with Crippen LogP contribution in [0.25, 0.3) is 0 Å². The van der Waals surface area contributed by atoms with Crippen LogP contribution in [0.5, 0.6) is 5.75 Å². The van der Waals surface area contributed by atoms with E-state index in [1.807, 2.05) is 12.1 Å². The van der Waals surface area contributed by atoms with Crippen molar-refractivity contribution in [1.82, 2.24) is 5.32 Å². The molecule has 3 heteroatoms. The molecule has 1 atom stereocenters. The normalized spacial score (nSPS) is 21.1. The fraction of sp³-hybridized carbons (Fsp3) is 0.455. The molecular formula is C11H14ClNO. The van der Waals surface area contributed by atoms with Gasteiger partial charge in [0.1, 0.15) is 5.75 Å². The highest BCUT2D eigenvalue weighted by atomic mass is 35.5. The lowest BCUT2D eigenvalue weighted by Crippen LogP contribution is -2.12. The molecule has 1 N–H and O–H groups in total. The molecule has 0 amide bonds. The van der Waals surface area contributed by atoms with Crippen molar-refractivity contribution in [2.24, 2.45) is 0 Å². The van der Waals surface area contributed by atoms with Crippen molar-refractivity contribution in [2.75, 3.05) is 13.7 Å². The molecule has 0 radical (unpaired) electrons. The van der Waals surface area contributed by atoms with Gasteiger partial charge in [-0.05, 0) is 37.1 Å². The van der Waals surface area contributed by atoms with Crippen LogP contribution in [0, 0.1) is 0 Å². The van der Waals surface area contributed by atoms with Crippen LogP contribution in [0.1, 0.15) is 24.4 Å². The van der Waals surface area contributed by atoms with E-state index in [0.717, 1.165) is 12.3 Å². The number of hydrogen-bond donors (Lipinski definition) is 1. The van der Waals surface area contributed by atoms with E-state index in [-0.39, 0.29) is 0 Å². The molecule has 2 rings (SSSR count). The Balaban J connectivity index is 2.25. The first-order valence-corrected chi connectivity index (χ1v) is 5.26. The van der Waals surface area contributed by atoms with Crippen molar-refractivity contribution in [3.8, 4) is 5.75 Å². The smallest absolute Gasteiger partial charge is 0.137 e. The van der Waals surface area contributed by atoms with Gasteiger partial charge in [0.25, 0.3) is 0 Å². The average Bonchev–Trinajstić information content (AvgIpc) is 2.71. The van der Waals surface area contributed by atoms with Crippen molar-refractivity contribution in [2.45, 2.75) is 18.9 Å². The third-order valence-corrected chi connectivity index (χ3v) is 2.95. The minimum absolute atomic E-state index is 0.473. The number of hydrogen-bond acceptors (Lipinski definition) is 2. The predicted molar refractivity (Wildman–Crippen MR) is 58.0 cm³/mol. The zero-order valence-electron chi connectivity index (χ0n) is 8.22. The second-order valence-electron chi connectivity index (χ2n) is 3.54. The molecule has 76 valence electrons. The molecule has 0 spiro atoms. The van der Waals surface area contributed by atoms with E-state index >= 15 is 0 Å². The van der Waals surface area contributed by atoms with Crippen LogP contribution in [0.15, 0.2) is 18.2 Å². The van der Waals surface area contributed by atoms with Crippen molar-refractivity contribution in [3.05, 3.63) is 28.8 Å². The molecule has 0 saturated carbocycles. The van der Waals surface area contributed by atoms with Gasteiger partial charge in [-0.1, -0.05) is 17.7 Å². The van der Waals surface area contributed by atoms with Crippen LogP contribution in [0.2, 0.25) is 5.02 Å². The lowest BCUT2D eigenvalue weighted by Gasteiger charge is -2.12. The van der Waals surface area contributed by atoms with Crippen molar-refractivity contribution in [1.29, 1.82) is 0 Å². The van der Waals surface area contributed by atoms with Gasteiger partial charge in [0.2, 0.25) is 0 Å². The number of nitrogens with one attached hydrogen (secondary N) is 1. The number of methoxy groups -OCH3 is 1. The summed E-state index contributed by atoms with van der Waals surface area (Å²) >= 11 is 5.96. The predicted octanol–water partition coefficient (Wildman–Crippen LogP) is 2.77. The number of rotatable bonds is 2. The molecule has 1 fully saturated rings. The second-order valence-corrected chi connectivity index (χ2v) is 3.95. The van der Waals surface area contributed by atoms with Crippen LogP contribution in [-0.2, 0) is 0 Å². The molecule has 1 aromatic carbocycles. The quantitative estimate of drug-likeness (QED) is 0.813. The van der Waals surface area contributed by atoms with Gasteiger partial charge in [0, 0.05) is 6.04 Å². The van der Waals surface area contributed by atoms with Crippen molar-refractivity contribution < 1.29 is 4.74 Å². The van der Waals surface area contributed by atoms with Gasteiger partial charge in [0.15, 0.2) is 0 Å². The van der Waals surface area contributed by atoms with Gasteiger partial charge in [-0.3, -0.25) is 0 Å². The van der Waals surface area contributed by atoms with Crippen LogP contribution in [-0.4, -0.2) is 13.7 Å². The highest BCUT2D eigenvalue weighted by Crippen LogP contribution is 2.30. The Bertz CT molecular complexity index is 321. The van der Waals surface area contributed by atoms with Gasteiger partial charge in [0.05, 0.1) is 12.1 Å². The minimum Gasteiger partial charge on any atom is -0.495 e. The van der Waals surface area contributed by atoms with E-state index in [2.05, 4.69) is 11.4 Å². The third-order valence-electron chi connectivity index (χ3n) is 2.64. The van der Waals surface area contributed by atoms with Crippen LogP contribution >= 0.6 is 11.6 Å². The summed E-state index contributed by atoms with van der Waals surface area (Å²) in [7, 11) is 1.65. The van der Waals surface area contributed by atoms with Gasteiger partial charge < -0.3 is 10.1 Å². The molecule has 1 heterocycles. The number of ether oxygens (including phenoxy) is 1. The molecule has 0 unspecified atom stereocenters. The summed E-state index contributed by atoms with van der Waals surface area (Å²) in [6, 6.07) is 6.45. The summed E-state index contributed by atoms with van der Waals surface area (Å²) in [5, 5.41) is 4.12. The maximum atomic E-state index is 5.96. The molecule has 0 aromatic heterocycles. The van der Waals surface area contributed by atoms with Crippen molar-refractivity contribution in [3.63, 3.8) is 0 Å². The fourth-order valence-corrected chi connectivity index (χ4v) is 2.06. The van der Waals surface area contributed by atoms with Crippen LogP contribution in [0.4, 0.5) is 0 Å². The Hall–Kier alpha value is -0.730. The van der Waals surface area contributed by atoms with E-state index in [9.17, 15) is 0 Å². The maximum absolute atomic E-state index is 5.96. The highest BCUT2D eigenvalue weighted by molar-refractivity contribution is 6.32. The Morgan fingerprint density at radius 3 is 3.00 bits per heavy atom. The Morgan fingerprint density at radius 2 is 2.36 bits per heavy atom. The summed E-state index contributed by atoms with van der Waals surface area (Å²) in [6.45, 7) is 1.11. The minimum atomic E-state index is 0.473. The highest BCUT2D eigenvalue weighted by Gasteiger charge is 2.16. The largest absolute Gasteiger partial charge is 0.495 e. The summed E-state index contributed by atoms with van der Waals surface area (Å²) in [6.07, 6.45) is 2.44. The van der Waals surface area contributed by atoms with Gasteiger partial charge in [-0.2, -0.15) is 0 Å². The topological polar surface area (TPSA) is 21.3 Å². The van der Waals surface area contributed by atoms with Gasteiger partial charge in [-0.25, -0.2) is 0 Å². The zero-order valence-corrected chi connectivity index (χ0v) is 8.97. The van der Waals surface area contributed by atoms with E-state index < -0.39 is 0 Å². The van der Waals surface area contributed by atoms with Gasteiger partial charge in [-0.15, -0.1) is 0 Å². The summed E-state index contributed by atoms with van der Waals surface area (Å²) in [4.78, 5) is 0. The second kappa shape index (κ2) is 4.20. The zero-order chi connectivity index (χ0) is 9.97. The number of halogens is 1. The summed E-state index contributed by atoms with van der Waals surface area (Å²) < 4.78 is 5.19. The Morgan fingerprint density at radius 1 is 1.50 bits per heavy atom. The Kier molecular flexibility index (Phi) is 2.94. The number of benzene rings is 1. The SMILES string of the molecule is COc1cc([C@@H]2CCCN2)ccc1Cl. The van der Waals surface area contributed by atoms with Crippen LogP contribution < -0.4 is 10.1 Å². The monoisotopic (exact) mass is 211 g/mol. The molecule has 2 nitrogen and oxygen atoms in total. The molecule has 1 saturated heterocycles. The summed E-state index contributed by atoms with van der Waals surface area (Å²) in [5.41, 5.74) is 1.27. The molecule has 1 aromatic rings. The van der Waals surface area contributed by atoms with Crippen molar-refractivity contribution >= 4 is 11.6 Å². The third kappa shape index (κ3) is 1.86. The first-order chi connectivity index (χ1) is 6.81. The fourth-order valence-electron chi connectivity index (χ4n) is 1.86. The van der Waals surface area contributed by atoms with Crippen LogP contribution in [0.3, 0.4) is 0 Å². The van der Waals surface area contributed by atoms with E-state index in [1.54, 1.807) is 7.11 Å². The first-order valence-electron chi connectivity index (χ1n) is 4.88. The summed E-state index contributed by atoms with van der Waals surface area (Å²) in [5.74, 6) is 0.762. The Labute approximate surface area is 89.2 Å². The molecule has 1 aliphatic heterocycles. The molecule has 0 bridgehead atoms. The molecular weight excluding hydrogens is 198 g/mol. The maximum Gasteiger partial charge on any atom is 0.137 e. The van der Waals surface area contributed by atoms with E-state index in [4.69, 9.17) is 16.3 Å². The standard InChI is InChI=1S/C11H14ClNO/c1-14-11-7-8(4-5-9(11)12)10-3-2-6-13-10/h4-5,7,10,13H,2-3,6H2,1H3/t10-/m0/s1.